The zero-order chi connectivity index (χ0) is 23.9. The second kappa shape index (κ2) is 10.8. The van der Waals surface area contributed by atoms with Gasteiger partial charge in [-0.15, -0.1) is 0 Å². The first-order chi connectivity index (χ1) is 16.6. The van der Waals surface area contributed by atoms with E-state index in [0.29, 0.717) is 30.2 Å². The predicted molar refractivity (Wildman–Crippen MR) is 133 cm³/mol. The molecule has 0 bridgehead atoms. The van der Waals surface area contributed by atoms with E-state index in [1.54, 1.807) is 47.5 Å². The molecule has 8 heteroatoms. The van der Waals surface area contributed by atoms with Crippen LogP contribution < -0.4 is 15.5 Å². The first-order valence-electron chi connectivity index (χ1n) is 11.3. The Hall–Kier alpha value is -3.91. The minimum Gasteiger partial charge on any atom is -0.465 e. The molecule has 2 heterocycles. The smallest absolute Gasteiger partial charge is 0.340 e. The molecule has 176 valence electrons. The van der Waals surface area contributed by atoms with Gasteiger partial charge in [-0.1, -0.05) is 24.3 Å². The van der Waals surface area contributed by atoms with Crippen molar-refractivity contribution in [3.8, 4) is 0 Å². The molecule has 1 saturated heterocycles. The van der Waals surface area contributed by atoms with Gasteiger partial charge in [-0.05, 0) is 42.5 Å². The molecule has 34 heavy (non-hydrogen) atoms. The molecule has 1 amide bonds. The maximum Gasteiger partial charge on any atom is 0.340 e. The summed E-state index contributed by atoms with van der Waals surface area (Å²) in [6.45, 7) is 4.64. The number of methoxy groups -OCH3 is 1. The van der Waals surface area contributed by atoms with E-state index in [9.17, 15) is 9.59 Å². The van der Waals surface area contributed by atoms with E-state index in [2.05, 4.69) is 26.9 Å². The van der Waals surface area contributed by atoms with Crippen molar-refractivity contribution in [3.05, 3.63) is 84.2 Å². The summed E-state index contributed by atoms with van der Waals surface area (Å²) >= 11 is 0. The maximum absolute atomic E-state index is 13.5. The van der Waals surface area contributed by atoms with Gasteiger partial charge in [-0.25, -0.2) is 4.79 Å². The molecule has 1 fully saturated rings. The standard InChI is InChI=1S/C26H29N5O3/c1-34-26(33)22-19-20(27)10-11-24(22)31(25(32)23-9-5-6-12-28-23)18-15-29-13-16-30(17-14-29)21-7-3-2-4-8-21/h2-12,19H,13-18,27H2,1H3. The van der Waals surface area contributed by atoms with E-state index in [1.165, 1.54) is 12.8 Å². The average molecular weight is 460 g/mol. The summed E-state index contributed by atoms with van der Waals surface area (Å²) in [7, 11) is 1.31. The van der Waals surface area contributed by atoms with E-state index < -0.39 is 5.97 Å². The van der Waals surface area contributed by atoms with Gasteiger partial charge in [0, 0.05) is 56.8 Å². The molecule has 2 N–H and O–H groups in total. The fourth-order valence-corrected chi connectivity index (χ4v) is 4.13. The third-order valence-electron chi connectivity index (χ3n) is 5.98. The average Bonchev–Trinajstić information content (AvgIpc) is 2.90. The molecular weight excluding hydrogens is 430 g/mol. The highest BCUT2D eigenvalue weighted by Gasteiger charge is 2.26. The second-order valence-electron chi connectivity index (χ2n) is 8.10. The number of nitrogens with zero attached hydrogens (tertiary/aromatic N) is 4. The van der Waals surface area contributed by atoms with Gasteiger partial charge in [0.25, 0.3) is 5.91 Å². The van der Waals surface area contributed by atoms with Gasteiger partial charge >= 0.3 is 5.97 Å². The zero-order valence-electron chi connectivity index (χ0n) is 19.3. The molecule has 0 spiro atoms. The molecule has 0 atom stereocenters. The summed E-state index contributed by atoms with van der Waals surface area (Å²) in [5.41, 5.74) is 8.58. The summed E-state index contributed by atoms with van der Waals surface area (Å²) in [6.07, 6.45) is 1.58. The molecule has 0 saturated carbocycles. The van der Waals surface area contributed by atoms with Gasteiger partial charge in [0.05, 0.1) is 18.4 Å². The number of carbonyl (C=O) groups is 2. The van der Waals surface area contributed by atoms with Gasteiger partial charge < -0.3 is 20.3 Å². The zero-order valence-corrected chi connectivity index (χ0v) is 19.3. The Labute approximate surface area is 199 Å². The molecule has 0 aliphatic carbocycles. The minimum atomic E-state index is -0.544. The number of para-hydroxylation sites is 1. The molecule has 3 aromatic rings. The number of nitrogens with two attached hydrogens (primary N) is 1. The number of pyridine rings is 1. The van der Waals surface area contributed by atoms with Crippen LogP contribution in [0.25, 0.3) is 0 Å². The second-order valence-corrected chi connectivity index (χ2v) is 8.10. The van der Waals surface area contributed by atoms with E-state index in [4.69, 9.17) is 10.5 Å². The van der Waals surface area contributed by atoms with Crippen LogP contribution in [-0.2, 0) is 4.74 Å². The molecule has 0 unspecified atom stereocenters. The van der Waals surface area contributed by atoms with Crippen molar-refractivity contribution in [1.82, 2.24) is 9.88 Å². The Balaban J connectivity index is 1.52. The number of aromatic nitrogens is 1. The number of ether oxygens (including phenoxy) is 1. The van der Waals surface area contributed by atoms with Gasteiger partial charge in [0.2, 0.25) is 0 Å². The molecular formula is C26H29N5O3. The van der Waals surface area contributed by atoms with Crippen molar-refractivity contribution in [2.45, 2.75) is 0 Å². The van der Waals surface area contributed by atoms with Crippen molar-refractivity contribution in [2.24, 2.45) is 0 Å². The van der Waals surface area contributed by atoms with Crippen LogP contribution >= 0.6 is 0 Å². The summed E-state index contributed by atoms with van der Waals surface area (Å²) in [5, 5.41) is 0. The van der Waals surface area contributed by atoms with Gasteiger partial charge in [-0.3, -0.25) is 14.7 Å². The Morgan fingerprint density at radius 1 is 1.00 bits per heavy atom. The molecule has 1 aliphatic rings. The van der Waals surface area contributed by atoms with E-state index in [-0.39, 0.29) is 11.5 Å². The Bertz CT molecular complexity index is 1120. The van der Waals surface area contributed by atoms with Crippen LogP contribution in [0.1, 0.15) is 20.8 Å². The molecule has 1 aromatic heterocycles. The first-order valence-corrected chi connectivity index (χ1v) is 11.3. The third kappa shape index (κ3) is 5.35. The van der Waals surface area contributed by atoms with Gasteiger partial charge in [0.15, 0.2) is 0 Å². The predicted octanol–water partition coefficient (Wildman–Crippen LogP) is 2.92. The van der Waals surface area contributed by atoms with Crippen LogP contribution in [0.3, 0.4) is 0 Å². The van der Waals surface area contributed by atoms with E-state index in [1.807, 2.05) is 18.2 Å². The first kappa shape index (κ1) is 23.3. The lowest BCUT2D eigenvalue weighted by atomic mass is 10.1. The van der Waals surface area contributed by atoms with Gasteiger partial charge in [-0.2, -0.15) is 0 Å². The number of amides is 1. The number of hydrogen-bond donors (Lipinski definition) is 1. The number of hydrogen-bond acceptors (Lipinski definition) is 7. The van der Waals surface area contributed by atoms with Crippen LogP contribution in [-0.4, -0.2) is 68.1 Å². The Kier molecular flexibility index (Phi) is 7.39. The molecule has 8 nitrogen and oxygen atoms in total. The summed E-state index contributed by atoms with van der Waals surface area (Å²) < 4.78 is 4.95. The van der Waals surface area contributed by atoms with Crippen LogP contribution in [0, 0.1) is 0 Å². The number of rotatable bonds is 7. The van der Waals surface area contributed by atoms with E-state index >= 15 is 0 Å². The van der Waals surface area contributed by atoms with Crippen molar-refractivity contribution in [3.63, 3.8) is 0 Å². The largest absolute Gasteiger partial charge is 0.465 e. The lowest BCUT2D eigenvalue weighted by molar-refractivity contribution is 0.0601. The Morgan fingerprint density at radius 3 is 2.41 bits per heavy atom. The number of benzene rings is 2. The molecule has 4 rings (SSSR count). The fraction of sp³-hybridized carbons (Fsp3) is 0.269. The summed E-state index contributed by atoms with van der Waals surface area (Å²) in [4.78, 5) is 36.4. The normalized spacial score (nSPS) is 14.0. The van der Waals surface area contributed by atoms with Crippen LogP contribution in [0.5, 0.6) is 0 Å². The van der Waals surface area contributed by atoms with Crippen molar-refractivity contribution >= 4 is 28.9 Å². The molecule has 0 radical (unpaired) electrons. The van der Waals surface area contributed by atoms with Crippen LogP contribution in [0.2, 0.25) is 0 Å². The quantitative estimate of drug-likeness (QED) is 0.429. The number of esters is 1. The SMILES string of the molecule is COC(=O)c1cc(N)ccc1N(CCN1CCN(c2ccccc2)CC1)C(=O)c1ccccn1. The fourth-order valence-electron chi connectivity index (χ4n) is 4.13. The van der Waals surface area contributed by atoms with Crippen molar-refractivity contribution in [2.75, 3.05) is 61.9 Å². The summed E-state index contributed by atoms with van der Waals surface area (Å²) in [6, 6.07) is 20.5. The van der Waals surface area contributed by atoms with Crippen molar-refractivity contribution in [1.29, 1.82) is 0 Å². The molecule has 2 aromatic carbocycles. The number of carbonyl (C=O) groups excluding carboxylic acids is 2. The highest BCUT2D eigenvalue weighted by atomic mass is 16.5. The lowest BCUT2D eigenvalue weighted by Gasteiger charge is -2.37. The summed E-state index contributed by atoms with van der Waals surface area (Å²) in [5.74, 6) is -0.823. The lowest BCUT2D eigenvalue weighted by Crippen LogP contribution is -2.49. The van der Waals surface area contributed by atoms with Crippen LogP contribution in [0.15, 0.2) is 72.9 Å². The van der Waals surface area contributed by atoms with Gasteiger partial charge in [0.1, 0.15) is 5.69 Å². The minimum absolute atomic E-state index is 0.251. The topological polar surface area (TPSA) is 92.0 Å². The number of piperazine rings is 1. The van der Waals surface area contributed by atoms with Crippen LogP contribution in [0.4, 0.5) is 17.1 Å². The number of anilines is 3. The molecule has 1 aliphatic heterocycles. The third-order valence-corrected chi connectivity index (χ3v) is 5.98. The maximum atomic E-state index is 13.5. The van der Waals surface area contributed by atoms with Crippen molar-refractivity contribution < 1.29 is 14.3 Å². The Morgan fingerprint density at radius 2 is 1.74 bits per heavy atom. The van der Waals surface area contributed by atoms with E-state index in [0.717, 1.165) is 26.2 Å². The highest BCUT2D eigenvalue weighted by Crippen LogP contribution is 2.26. The highest BCUT2D eigenvalue weighted by molar-refractivity contribution is 6.09. The monoisotopic (exact) mass is 459 g/mol. The number of nitrogen functional groups attached to an aromatic ring is 1.